The van der Waals surface area contributed by atoms with Crippen LogP contribution >= 0.6 is 0 Å². The summed E-state index contributed by atoms with van der Waals surface area (Å²) in [6.45, 7) is 3.69. The van der Waals surface area contributed by atoms with Crippen molar-refractivity contribution in [3.8, 4) is 6.01 Å². The van der Waals surface area contributed by atoms with E-state index in [1.165, 1.54) is 0 Å². The Morgan fingerprint density at radius 2 is 1.88 bits per heavy atom. The van der Waals surface area contributed by atoms with Crippen molar-refractivity contribution in [3.05, 3.63) is 0 Å². The largest absolute Gasteiger partial charge is 0.461 e. The maximum atomic E-state index is 5.55. The van der Waals surface area contributed by atoms with E-state index in [1.807, 2.05) is 14.1 Å². The molecule has 0 atom stereocenters. The zero-order valence-corrected chi connectivity index (χ0v) is 10.5. The number of nitrogen functional groups attached to an aromatic ring is 1. The third-order valence-corrected chi connectivity index (χ3v) is 1.83. The molecule has 1 aromatic heterocycles. The lowest BCUT2D eigenvalue weighted by atomic mass is 10.5. The summed E-state index contributed by atoms with van der Waals surface area (Å²) < 4.78 is 10.6. The van der Waals surface area contributed by atoms with Gasteiger partial charge in [-0.05, 0) is 6.42 Å². The van der Waals surface area contributed by atoms with Crippen LogP contribution < -0.4 is 15.4 Å². The van der Waals surface area contributed by atoms with Crippen molar-refractivity contribution in [2.75, 3.05) is 44.5 Å². The van der Waals surface area contributed by atoms with Gasteiger partial charge in [-0.15, -0.1) is 0 Å². The van der Waals surface area contributed by atoms with Gasteiger partial charge in [0.2, 0.25) is 11.9 Å². The molecule has 0 amide bonds. The van der Waals surface area contributed by atoms with Crippen LogP contribution in [0.2, 0.25) is 0 Å². The first kappa shape index (κ1) is 13.4. The maximum Gasteiger partial charge on any atom is 0.323 e. The minimum Gasteiger partial charge on any atom is -0.461 e. The van der Waals surface area contributed by atoms with Gasteiger partial charge >= 0.3 is 6.01 Å². The van der Waals surface area contributed by atoms with E-state index >= 15 is 0 Å². The predicted octanol–water partition coefficient (Wildman–Crippen LogP) is 0.325. The molecule has 0 bridgehead atoms. The van der Waals surface area contributed by atoms with Crippen LogP contribution in [0.25, 0.3) is 0 Å². The number of rotatable bonds is 7. The number of hydrogen-bond acceptors (Lipinski definition) is 7. The molecule has 7 nitrogen and oxygen atoms in total. The highest BCUT2D eigenvalue weighted by molar-refractivity contribution is 5.33. The molecule has 0 unspecified atom stereocenters. The molecule has 1 heterocycles. The fourth-order valence-electron chi connectivity index (χ4n) is 1.06. The third kappa shape index (κ3) is 4.81. The van der Waals surface area contributed by atoms with Gasteiger partial charge < -0.3 is 20.1 Å². The maximum absolute atomic E-state index is 5.55. The van der Waals surface area contributed by atoms with Crippen LogP contribution in [0.5, 0.6) is 6.01 Å². The molecule has 0 aliphatic carbocycles. The Balaban J connectivity index is 2.47. The first-order valence-corrected chi connectivity index (χ1v) is 5.53. The van der Waals surface area contributed by atoms with Gasteiger partial charge in [-0.1, -0.05) is 6.92 Å². The summed E-state index contributed by atoms with van der Waals surface area (Å²) in [5.41, 5.74) is 5.55. The Kier molecular flexibility index (Phi) is 5.41. The monoisotopic (exact) mass is 241 g/mol. The van der Waals surface area contributed by atoms with Crippen LogP contribution in [-0.4, -0.2) is 48.9 Å². The van der Waals surface area contributed by atoms with Crippen molar-refractivity contribution < 1.29 is 9.47 Å². The van der Waals surface area contributed by atoms with Gasteiger partial charge in [0.15, 0.2) is 0 Å². The van der Waals surface area contributed by atoms with Crippen LogP contribution in [0.3, 0.4) is 0 Å². The Bertz CT molecular complexity index is 345. The van der Waals surface area contributed by atoms with Crippen molar-refractivity contribution in [2.45, 2.75) is 13.3 Å². The van der Waals surface area contributed by atoms with E-state index in [9.17, 15) is 0 Å². The number of ether oxygens (including phenoxy) is 2. The minimum atomic E-state index is 0.146. The summed E-state index contributed by atoms with van der Waals surface area (Å²) in [6, 6.07) is 0.223. The second-order valence-electron chi connectivity index (χ2n) is 3.63. The van der Waals surface area contributed by atoms with E-state index in [1.54, 1.807) is 4.90 Å². The average molecular weight is 241 g/mol. The first-order valence-electron chi connectivity index (χ1n) is 5.53. The summed E-state index contributed by atoms with van der Waals surface area (Å²) in [5, 5.41) is 0. The van der Waals surface area contributed by atoms with E-state index in [2.05, 4.69) is 21.9 Å². The van der Waals surface area contributed by atoms with Gasteiger partial charge in [0.25, 0.3) is 0 Å². The van der Waals surface area contributed by atoms with Crippen LogP contribution in [0.4, 0.5) is 11.9 Å². The second-order valence-corrected chi connectivity index (χ2v) is 3.63. The molecule has 0 aromatic carbocycles. The zero-order chi connectivity index (χ0) is 12.7. The molecule has 0 saturated heterocycles. The predicted molar refractivity (Wildman–Crippen MR) is 65.2 cm³/mol. The summed E-state index contributed by atoms with van der Waals surface area (Å²) >= 11 is 0. The molecular weight excluding hydrogens is 222 g/mol. The number of nitrogens with two attached hydrogens (primary N) is 1. The third-order valence-electron chi connectivity index (χ3n) is 1.83. The SMILES string of the molecule is CCCOCCOc1nc(N)nc(N(C)C)n1. The lowest BCUT2D eigenvalue weighted by Gasteiger charge is -2.11. The molecule has 17 heavy (non-hydrogen) atoms. The number of anilines is 2. The molecule has 0 radical (unpaired) electrons. The highest BCUT2D eigenvalue weighted by atomic mass is 16.5. The van der Waals surface area contributed by atoms with E-state index in [-0.39, 0.29) is 12.0 Å². The lowest BCUT2D eigenvalue weighted by molar-refractivity contribution is 0.0972. The van der Waals surface area contributed by atoms with Crippen molar-refractivity contribution in [3.63, 3.8) is 0 Å². The van der Waals surface area contributed by atoms with Gasteiger partial charge in [0, 0.05) is 20.7 Å². The van der Waals surface area contributed by atoms with Crippen LogP contribution in [0.1, 0.15) is 13.3 Å². The Labute approximate surface area is 101 Å². The fraction of sp³-hybridized carbons (Fsp3) is 0.700. The molecule has 2 N–H and O–H groups in total. The molecule has 0 saturated carbocycles. The Morgan fingerprint density at radius 1 is 1.12 bits per heavy atom. The van der Waals surface area contributed by atoms with Crippen LogP contribution in [-0.2, 0) is 4.74 Å². The standard InChI is InChI=1S/C10H19N5O2/c1-4-5-16-6-7-17-10-13-8(11)12-9(14-10)15(2)3/h4-7H2,1-3H3,(H2,11,12,13,14). The average Bonchev–Trinajstić information content (AvgIpc) is 2.28. The zero-order valence-electron chi connectivity index (χ0n) is 10.5. The summed E-state index contributed by atoms with van der Waals surface area (Å²) in [7, 11) is 3.64. The Hall–Kier alpha value is -1.63. The van der Waals surface area contributed by atoms with Crippen molar-refractivity contribution in [2.24, 2.45) is 0 Å². The minimum absolute atomic E-state index is 0.146. The van der Waals surface area contributed by atoms with Crippen molar-refractivity contribution >= 4 is 11.9 Å². The van der Waals surface area contributed by atoms with Crippen LogP contribution in [0, 0.1) is 0 Å². The molecule has 0 aliphatic rings. The quantitative estimate of drug-likeness (QED) is 0.688. The molecular formula is C10H19N5O2. The molecule has 7 heteroatoms. The summed E-state index contributed by atoms with van der Waals surface area (Å²) in [6.07, 6.45) is 0.990. The number of nitrogens with zero attached hydrogens (tertiary/aromatic N) is 4. The van der Waals surface area contributed by atoms with Gasteiger partial charge in [-0.25, -0.2) is 0 Å². The van der Waals surface area contributed by atoms with Gasteiger partial charge in [-0.3, -0.25) is 0 Å². The highest BCUT2D eigenvalue weighted by Crippen LogP contribution is 2.10. The molecule has 0 fully saturated rings. The first-order chi connectivity index (χ1) is 8.13. The smallest absolute Gasteiger partial charge is 0.323 e. The fourth-order valence-corrected chi connectivity index (χ4v) is 1.06. The topological polar surface area (TPSA) is 86.4 Å². The van der Waals surface area contributed by atoms with Crippen molar-refractivity contribution in [1.82, 2.24) is 15.0 Å². The lowest BCUT2D eigenvalue weighted by Crippen LogP contribution is -2.16. The van der Waals surface area contributed by atoms with Crippen LogP contribution in [0.15, 0.2) is 0 Å². The van der Waals surface area contributed by atoms with E-state index in [0.717, 1.165) is 13.0 Å². The van der Waals surface area contributed by atoms with Gasteiger partial charge in [-0.2, -0.15) is 15.0 Å². The molecule has 0 spiro atoms. The van der Waals surface area contributed by atoms with E-state index < -0.39 is 0 Å². The summed E-state index contributed by atoms with van der Waals surface area (Å²) in [5.74, 6) is 0.621. The Morgan fingerprint density at radius 3 is 2.53 bits per heavy atom. The molecule has 1 rings (SSSR count). The summed E-state index contributed by atoms with van der Waals surface area (Å²) in [4.78, 5) is 13.7. The number of aromatic nitrogens is 3. The van der Waals surface area contributed by atoms with E-state index in [4.69, 9.17) is 15.2 Å². The molecule has 0 aliphatic heterocycles. The molecule has 1 aromatic rings. The molecule has 96 valence electrons. The number of hydrogen-bond donors (Lipinski definition) is 1. The normalized spacial score (nSPS) is 10.3. The van der Waals surface area contributed by atoms with Gasteiger partial charge in [0.1, 0.15) is 6.61 Å². The highest BCUT2D eigenvalue weighted by Gasteiger charge is 2.06. The van der Waals surface area contributed by atoms with Crippen molar-refractivity contribution in [1.29, 1.82) is 0 Å². The second kappa shape index (κ2) is 6.85. The van der Waals surface area contributed by atoms with Gasteiger partial charge in [0.05, 0.1) is 6.61 Å². The van der Waals surface area contributed by atoms with E-state index in [0.29, 0.717) is 19.2 Å².